The van der Waals surface area contributed by atoms with E-state index in [1.54, 1.807) is 0 Å². The molecule has 0 atom stereocenters. The lowest BCUT2D eigenvalue weighted by Gasteiger charge is -2.11. The van der Waals surface area contributed by atoms with Crippen LogP contribution in [0.25, 0.3) is 0 Å². The highest BCUT2D eigenvalue weighted by molar-refractivity contribution is 9.10. The summed E-state index contributed by atoms with van der Waals surface area (Å²) in [7, 11) is 0. The first-order valence-corrected chi connectivity index (χ1v) is 8.62. The highest BCUT2D eigenvalue weighted by Crippen LogP contribution is 2.29. The number of benzene rings is 1. The van der Waals surface area contributed by atoms with Crippen molar-refractivity contribution in [2.45, 2.75) is 51.6 Å². The van der Waals surface area contributed by atoms with E-state index < -0.39 is 0 Å². The maximum atomic E-state index is 4.73. The number of nitrogens with one attached hydrogen (secondary N) is 1. The van der Waals surface area contributed by atoms with Gasteiger partial charge in [-0.25, -0.2) is 0 Å². The molecular formula is C17H22BrN3. The van der Waals surface area contributed by atoms with Crippen LogP contribution >= 0.6 is 15.9 Å². The Labute approximate surface area is 134 Å². The summed E-state index contributed by atoms with van der Waals surface area (Å²) in [5.41, 5.74) is 3.66. The number of aromatic nitrogens is 2. The molecule has 0 bridgehead atoms. The molecule has 0 saturated heterocycles. The maximum absolute atomic E-state index is 4.73. The van der Waals surface area contributed by atoms with Crippen molar-refractivity contribution in [2.24, 2.45) is 0 Å². The van der Waals surface area contributed by atoms with Gasteiger partial charge in [-0.1, -0.05) is 35.7 Å². The van der Waals surface area contributed by atoms with Crippen molar-refractivity contribution in [1.82, 2.24) is 9.78 Å². The molecular weight excluding hydrogens is 326 g/mol. The fourth-order valence-corrected chi connectivity index (χ4v) is 3.47. The lowest BCUT2D eigenvalue weighted by molar-refractivity contribution is 0.463. The molecule has 112 valence electrons. The minimum atomic E-state index is 0.623. The van der Waals surface area contributed by atoms with Gasteiger partial charge in [0, 0.05) is 16.4 Å². The second kappa shape index (κ2) is 6.65. The minimum Gasteiger partial charge on any atom is -0.379 e. The summed E-state index contributed by atoms with van der Waals surface area (Å²) in [5.74, 6) is 0. The Bertz CT molecular complexity index is 600. The van der Waals surface area contributed by atoms with Crippen LogP contribution in [0.1, 0.15) is 49.9 Å². The van der Waals surface area contributed by atoms with E-state index in [2.05, 4.69) is 63.3 Å². The van der Waals surface area contributed by atoms with Gasteiger partial charge in [0.15, 0.2) is 0 Å². The van der Waals surface area contributed by atoms with E-state index in [-0.39, 0.29) is 0 Å². The smallest absolute Gasteiger partial charge is 0.0815 e. The van der Waals surface area contributed by atoms with Gasteiger partial charge in [-0.3, -0.25) is 4.68 Å². The van der Waals surface area contributed by atoms with Crippen molar-refractivity contribution < 1.29 is 0 Å². The van der Waals surface area contributed by atoms with Gasteiger partial charge in [0.05, 0.1) is 18.3 Å². The molecule has 1 aromatic carbocycles. The van der Waals surface area contributed by atoms with Crippen molar-refractivity contribution in [3.63, 3.8) is 0 Å². The number of hydrogen-bond donors (Lipinski definition) is 1. The van der Waals surface area contributed by atoms with Crippen molar-refractivity contribution in [1.29, 1.82) is 0 Å². The molecule has 0 amide bonds. The van der Waals surface area contributed by atoms with Gasteiger partial charge in [0.2, 0.25) is 0 Å². The Hall–Kier alpha value is -1.29. The summed E-state index contributed by atoms with van der Waals surface area (Å²) in [6.45, 7) is 2.97. The number of aryl methyl sites for hydroxylation is 1. The van der Waals surface area contributed by atoms with E-state index in [1.165, 1.54) is 36.9 Å². The normalized spacial score (nSPS) is 15.5. The summed E-state index contributed by atoms with van der Waals surface area (Å²) in [5, 5.41) is 8.24. The first kappa shape index (κ1) is 14.6. The third kappa shape index (κ3) is 3.49. The van der Waals surface area contributed by atoms with E-state index >= 15 is 0 Å². The summed E-state index contributed by atoms with van der Waals surface area (Å²) in [6.07, 6.45) is 8.41. The Kier molecular flexibility index (Phi) is 4.63. The molecule has 1 aliphatic rings. The summed E-state index contributed by atoms with van der Waals surface area (Å²) in [6, 6.07) is 9.16. The Morgan fingerprint density at radius 2 is 2.10 bits per heavy atom. The fourth-order valence-electron chi connectivity index (χ4n) is 3.06. The Morgan fingerprint density at radius 1 is 1.29 bits per heavy atom. The third-order valence-electron chi connectivity index (χ3n) is 4.27. The second-order valence-electron chi connectivity index (χ2n) is 5.73. The molecule has 1 aliphatic carbocycles. The molecule has 4 heteroatoms. The quantitative estimate of drug-likeness (QED) is 0.830. The van der Waals surface area contributed by atoms with Crippen LogP contribution in [-0.2, 0) is 13.0 Å². The number of halogens is 1. The predicted molar refractivity (Wildman–Crippen MR) is 90.6 cm³/mol. The average Bonchev–Trinajstić information content (AvgIpc) is 3.16. The highest BCUT2D eigenvalue weighted by Gasteiger charge is 2.17. The lowest BCUT2D eigenvalue weighted by atomic mass is 10.1. The van der Waals surface area contributed by atoms with E-state index in [1.807, 2.05) is 0 Å². The Balaban J connectivity index is 1.65. The van der Waals surface area contributed by atoms with Crippen LogP contribution in [0.15, 0.2) is 34.9 Å². The number of anilines is 1. The molecule has 0 aliphatic heterocycles. The van der Waals surface area contributed by atoms with Crippen LogP contribution in [0.3, 0.4) is 0 Å². The van der Waals surface area contributed by atoms with Crippen LogP contribution in [-0.4, -0.2) is 9.78 Å². The van der Waals surface area contributed by atoms with Crippen molar-refractivity contribution in [3.05, 3.63) is 46.2 Å². The standard InChI is InChI=1S/C17H22BrN3/c1-2-13-11-14(18)7-8-17(13)19-12-15-9-10-21(20-15)16-5-3-4-6-16/h7-11,16,19H,2-6,12H2,1H3. The second-order valence-corrected chi connectivity index (χ2v) is 6.65. The molecule has 0 unspecified atom stereocenters. The largest absolute Gasteiger partial charge is 0.379 e. The van der Waals surface area contributed by atoms with Gasteiger partial charge in [0.25, 0.3) is 0 Å². The number of nitrogens with zero attached hydrogens (tertiary/aromatic N) is 2. The zero-order valence-corrected chi connectivity index (χ0v) is 14.1. The molecule has 0 radical (unpaired) electrons. The summed E-state index contributed by atoms with van der Waals surface area (Å²) < 4.78 is 3.29. The summed E-state index contributed by atoms with van der Waals surface area (Å²) >= 11 is 3.53. The van der Waals surface area contributed by atoms with E-state index in [9.17, 15) is 0 Å². The molecule has 3 rings (SSSR count). The molecule has 0 spiro atoms. The highest BCUT2D eigenvalue weighted by atomic mass is 79.9. The molecule has 1 aromatic heterocycles. The number of hydrogen-bond acceptors (Lipinski definition) is 2. The SMILES string of the molecule is CCc1cc(Br)ccc1NCc1ccn(C2CCCC2)n1. The van der Waals surface area contributed by atoms with Crippen molar-refractivity contribution in [3.8, 4) is 0 Å². The zero-order valence-electron chi connectivity index (χ0n) is 12.5. The van der Waals surface area contributed by atoms with Crippen LogP contribution in [0.5, 0.6) is 0 Å². The average molecular weight is 348 g/mol. The number of rotatable bonds is 5. The van der Waals surface area contributed by atoms with Crippen LogP contribution in [0.2, 0.25) is 0 Å². The zero-order chi connectivity index (χ0) is 14.7. The first-order chi connectivity index (χ1) is 10.3. The molecule has 1 saturated carbocycles. The maximum Gasteiger partial charge on any atom is 0.0815 e. The van der Waals surface area contributed by atoms with Gasteiger partial charge in [-0.15, -0.1) is 0 Å². The Morgan fingerprint density at radius 3 is 2.86 bits per heavy atom. The minimum absolute atomic E-state index is 0.623. The van der Waals surface area contributed by atoms with E-state index in [0.29, 0.717) is 6.04 Å². The van der Waals surface area contributed by atoms with Gasteiger partial charge in [0.1, 0.15) is 0 Å². The van der Waals surface area contributed by atoms with Gasteiger partial charge < -0.3 is 5.32 Å². The molecule has 3 nitrogen and oxygen atoms in total. The summed E-state index contributed by atoms with van der Waals surface area (Å²) in [4.78, 5) is 0. The fraction of sp³-hybridized carbons (Fsp3) is 0.471. The lowest BCUT2D eigenvalue weighted by Crippen LogP contribution is -2.07. The molecule has 1 heterocycles. The van der Waals surface area contributed by atoms with Gasteiger partial charge >= 0.3 is 0 Å². The van der Waals surface area contributed by atoms with E-state index in [4.69, 9.17) is 5.10 Å². The van der Waals surface area contributed by atoms with Crippen LogP contribution in [0, 0.1) is 0 Å². The third-order valence-corrected chi connectivity index (χ3v) is 4.76. The molecule has 21 heavy (non-hydrogen) atoms. The molecule has 2 aromatic rings. The van der Waals surface area contributed by atoms with Crippen LogP contribution < -0.4 is 5.32 Å². The molecule has 1 N–H and O–H groups in total. The monoisotopic (exact) mass is 347 g/mol. The van der Waals surface area contributed by atoms with Gasteiger partial charge in [-0.05, 0) is 49.1 Å². The topological polar surface area (TPSA) is 29.9 Å². The predicted octanol–water partition coefficient (Wildman–Crippen LogP) is 4.94. The van der Waals surface area contributed by atoms with E-state index in [0.717, 1.165) is 23.1 Å². The van der Waals surface area contributed by atoms with Crippen molar-refractivity contribution in [2.75, 3.05) is 5.32 Å². The van der Waals surface area contributed by atoms with Gasteiger partial charge in [-0.2, -0.15) is 5.10 Å². The molecule has 1 fully saturated rings. The first-order valence-electron chi connectivity index (χ1n) is 7.82. The van der Waals surface area contributed by atoms with Crippen LogP contribution in [0.4, 0.5) is 5.69 Å². The van der Waals surface area contributed by atoms with Crippen molar-refractivity contribution >= 4 is 21.6 Å².